The molecule has 6 nitrogen and oxygen atoms in total. The molecule has 1 aromatic carbocycles. The molecule has 1 unspecified atom stereocenters. The Bertz CT molecular complexity index is 714. The average molecular weight is 371 g/mol. The number of aromatic nitrogens is 2. The van der Waals surface area contributed by atoms with E-state index in [9.17, 15) is 18.0 Å². The SMILES string of the molecule is COc1ccc(C(NC(=O)CCOCC(F)(F)F)c2nccn2C)cc1. The Morgan fingerprint density at radius 3 is 2.54 bits per heavy atom. The number of alkyl halides is 3. The van der Waals surface area contributed by atoms with Gasteiger partial charge in [-0.1, -0.05) is 12.1 Å². The lowest BCUT2D eigenvalue weighted by atomic mass is 10.1. The van der Waals surface area contributed by atoms with Crippen LogP contribution in [0.15, 0.2) is 36.7 Å². The summed E-state index contributed by atoms with van der Waals surface area (Å²) in [5, 5.41) is 2.79. The number of aryl methyl sites for hydroxylation is 1. The second-order valence-corrected chi connectivity index (χ2v) is 5.59. The van der Waals surface area contributed by atoms with E-state index in [4.69, 9.17) is 4.74 Å². The van der Waals surface area contributed by atoms with Crippen molar-refractivity contribution in [1.29, 1.82) is 0 Å². The maximum atomic E-state index is 12.1. The highest BCUT2D eigenvalue weighted by Gasteiger charge is 2.27. The molecular weight excluding hydrogens is 351 g/mol. The fourth-order valence-electron chi connectivity index (χ4n) is 2.33. The maximum Gasteiger partial charge on any atom is 0.411 e. The van der Waals surface area contributed by atoms with Crippen LogP contribution in [0.3, 0.4) is 0 Å². The average Bonchev–Trinajstić information content (AvgIpc) is 3.02. The number of carbonyl (C=O) groups excluding carboxylic acids is 1. The third kappa shape index (κ3) is 5.76. The highest BCUT2D eigenvalue weighted by atomic mass is 19.4. The Hall–Kier alpha value is -2.55. The van der Waals surface area contributed by atoms with Gasteiger partial charge in [0.05, 0.1) is 13.7 Å². The Balaban J connectivity index is 2.05. The van der Waals surface area contributed by atoms with Crippen LogP contribution in [0.5, 0.6) is 5.75 Å². The van der Waals surface area contributed by atoms with Gasteiger partial charge in [0.25, 0.3) is 0 Å². The van der Waals surface area contributed by atoms with Crippen molar-refractivity contribution >= 4 is 5.91 Å². The van der Waals surface area contributed by atoms with E-state index in [0.717, 1.165) is 5.56 Å². The summed E-state index contributed by atoms with van der Waals surface area (Å²) in [5.74, 6) is 0.829. The van der Waals surface area contributed by atoms with Crippen molar-refractivity contribution in [3.63, 3.8) is 0 Å². The first-order valence-corrected chi connectivity index (χ1v) is 7.85. The normalized spacial score (nSPS) is 12.7. The molecule has 0 saturated heterocycles. The second-order valence-electron chi connectivity index (χ2n) is 5.59. The molecule has 0 fully saturated rings. The summed E-state index contributed by atoms with van der Waals surface area (Å²) >= 11 is 0. The summed E-state index contributed by atoms with van der Waals surface area (Å²) in [4.78, 5) is 16.4. The molecule has 26 heavy (non-hydrogen) atoms. The molecule has 9 heteroatoms. The number of nitrogens with one attached hydrogen (secondary N) is 1. The molecule has 0 bridgehead atoms. The number of nitrogens with zero attached hydrogens (tertiary/aromatic N) is 2. The van der Waals surface area contributed by atoms with Crippen LogP contribution in [0.2, 0.25) is 0 Å². The number of ether oxygens (including phenoxy) is 2. The third-order valence-corrected chi connectivity index (χ3v) is 3.61. The van der Waals surface area contributed by atoms with E-state index < -0.39 is 24.7 Å². The van der Waals surface area contributed by atoms with Gasteiger partial charge in [-0.25, -0.2) is 4.98 Å². The van der Waals surface area contributed by atoms with Crippen molar-refractivity contribution in [3.05, 3.63) is 48.0 Å². The number of methoxy groups -OCH3 is 1. The summed E-state index contributed by atoms with van der Waals surface area (Å²) in [6.45, 7) is -1.69. The lowest BCUT2D eigenvalue weighted by Gasteiger charge is -2.19. The van der Waals surface area contributed by atoms with Gasteiger partial charge >= 0.3 is 6.18 Å². The molecule has 0 aliphatic heterocycles. The van der Waals surface area contributed by atoms with Gasteiger partial charge in [-0.2, -0.15) is 13.2 Å². The number of benzene rings is 1. The first-order chi connectivity index (χ1) is 12.3. The summed E-state index contributed by atoms with van der Waals surface area (Å²) in [5.41, 5.74) is 0.768. The van der Waals surface area contributed by atoms with Crippen molar-refractivity contribution in [1.82, 2.24) is 14.9 Å². The lowest BCUT2D eigenvalue weighted by Crippen LogP contribution is -2.32. The molecule has 1 N–H and O–H groups in total. The Labute approximate surface area is 148 Å². The van der Waals surface area contributed by atoms with Crippen molar-refractivity contribution in [2.45, 2.75) is 18.6 Å². The van der Waals surface area contributed by atoms with Crippen LogP contribution in [-0.4, -0.2) is 42.0 Å². The van der Waals surface area contributed by atoms with E-state index in [2.05, 4.69) is 15.0 Å². The van der Waals surface area contributed by atoms with E-state index in [0.29, 0.717) is 11.6 Å². The minimum Gasteiger partial charge on any atom is -0.497 e. The van der Waals surface area contributed by atoms with Gasteiger partial charge < -0.3 is 19.4 Å². The van der Waals surface area contributed by atoms with Crippen molar-refractivity contribution in [3.8, 4) is 5.75 Å². The molecule has 2 rings (SSSR count). The zero-order valence-corrected chi connectivity index (χ0v) is 14.4. The number of rotatable bonds is 8. The van der Waals surface area contributed by atoms with Crippen LogP contribution in [-0.2, 0) is 16.6 Å². The van der Waals surface area contributed by atoms with Crippen LogP contribution in [0.25, 0.3) is 0 Å². The van der Waals surface area contributed by atoms with Crippen molar-refractivity contribution in [2.75, 3.05) is 20.3 Å². The zero-order chi connectivity index (χ0) is 19.2. The molecule has 1 atom stereocenters. The van der Waals surface area contributed by atoms with Gasteiger partial charge in [0.1, 0.15) is 24.2 Å². The summed E-state index contributed by atoms with van der Waals surface area (Å²) in [6.07, 6.45) is -1.25. The Kier molecular flexibility index (Phi) is 6.62. The van der Waals surface area contributed by atoms with Gasteiger partial charge in [-0.3, -0.25) is 4.79 Å². The molecule has 2 aromatic rings. The van der Waals surface area contributed by atoms with Crippen LogP contribution in [0.4, 0.5) is 13.2 Å². The van der Waals surface area contributed by atoms with Gasteiger partial charge in [0, 0.05) is 25.9 Å². The van der Waals surface area contributed by atoms with Crippen LogP contribution in [0.1, 0.15) is 23.9 Å². The molecule has 0 radical (unpaired) electrons. The Morgan fingerprint density at radius 2 is 2.00 bits per heavy atom. The molecule has 0 spiro atoms. The number of hydrogen-bond donors (Lipinski definition) is 1. The van der Waals surface area contributed by atoms with E-state index in [1.54, 1.807) is 55.4 Å². The smallest absolute Gasteiger partial charge is 0.411 e. The number of amides is 1. The second kappa shape index (κ2) is 8.70. The number of carbonyl (C=O) groups is 1. The van der Waals surface area contributed by atoms with Crippen LogP contribution < -0.4 is 10.1 Å². The zero-order valence-electron chi connectivity index (χ0n) is 14.4. The third-order valence-electron chi connectivity index (χ3n) is 3.61. The first kappa shape index (κ1) is 19.8. The fraction of sp³-hybridized carbons (Fsp3) is 0.412. The molecule has 1 aromatic heterocycles. The fourth-order valence-corrected chi connectivity index (χ4v) is 2.33. The van der Waals surface area contributed by atoms with E-state index in [1.807, 2.05) is 0 Å². The standard InChI is InChI=1S/C17H20F3N3O3/c1-23-9-8-21-16(23)15(12-3-5-13(25-2)6-4-12)22-14(24)7-10-26-11-17(18,19)20/h3-6,8-9,15H,7,10-11H2,1-2H3,(H,22,24). The number of halogens is 3. The van der Waals surface area contributed by atoms with Crippen molar-refractivity contribution < 1.29 is 27.4 Å². The van der Waals surface area contributed by atoms with E-state index in [-0.39, 0.29) is 13.0 Å². The highest BCUT2D eigenvalue weighted by molar-refractivity contribution is 5.77. The van der Waals surface area contributed by atoms with Crippen LogP contribution >= 0.6 is 0 Å². The van der Waals surface area contributed by atoms with Gasteiger partial charge in [0.15, 0.2) is 0 Å². The molecule has 142 valence electrons. The first-order valence-electron chi connectivity index (χ1n) is 7.85. The summed E-state index contributed by atoms with van der Waals surface area (Å²) < 4.78 is 47.5. The molecule has 0 saturated carbocycles. The minimum absolute atomic E-state index is 0.187. The number of hydrogen-bond acceptors (Lipinski definition) is 4. The summed E-state index contributed by atoms with van der Waals surface area (Å²) in [7, 11) is 3.34. The van der Waals surface area contributed by atoms with Gasteiger partial charge in [-0.15, -0.1) is 0 Å². The molecule has 0 aliphatic rings. The maximum absolute atomic E-state index is 12.1. The summed E-state index contributed by atoms with van der Waals surface area (Å²) in [6, 6.07) is 6.54. The molecule has 0 aliphatic carbocycles. The molecule has 1 heterocycles. The Morgan fingerprint density at radius 1 is 1.31 bits per heavy atom. The highest BCUT2D eigenvalue weighted by Crippen LogP contribution is 2.23. The predicted octanol–water partition coefficient (Wildman–Crippen LogP) is 2.60. The predicted molar refractivity (Wildman–Crippen MR) is 87.7 cm³/mol. The largest absolute Gasteiger partial charge is 0.497 e. The minimum atomic E-state index is -4.41. The molecular formula is C17H20F3N3O3. The topological polar surface area (TPSA) is 65.4 Å². The van der Waals surface area contributed by atoms with Crippen molar-refractivity contribution in [2.24, 2.45) is 7.05 Å². The van der Waals surface area contributed by atoms with E-state index in [1.165, 1.54) is 0 Å². The van der Waals surface area contributed by atoms with E-state index >= 15 is 0 Å². The van der Waals surface area contributed by atoms with Crippen LogP contribution in [0, 0.1) is 0 Å². The lowest BCUT2D eigenvalue weighted by molar-refractivity contribution is -0.174. The van der Waals surface area contributed by atoms with Gasteiger partial charge in [-0.05, 0) is 17.7 Å². The van der Waals surface area contributed by atoms with Gasteiger partial charge in [0.2, 0.25) is 5.91 Å². The monoisotopic (exact) mass is 371 g/mol. The quantitative estimate of drug-likeness (QED) is 0.725. The molecule has 1 amide bonds. The number of imidazole rings is 1.